The second-order valence-electron chi connectivity index (χ2n) is 7.80. The van der Waals surface area contributed by atoms with Crippen molar-refractivity contribution in [1.82, 2.24) is 4.90 Å². The Morgan fingerprint density at radius 2 is 1.86 bits per heavy atom. The smallest absolute Gasteiger partial charge is 0.122 e. The molecule has 0 aromatic heterocycles. The molecule has 2 bridgehead atoms. The zero-order chi connectivity index (χ0) is 15.1. The van der Waals surface area contributed by atoms with Crippen LogP contribution < -0.4 is 4.74 Å². The number of hydrogen-bond acceptors (Lipinski definition) is 2. The average Bonchev–Trinajstić information content (AvgIpc) is 3.18. The van der Waals surface area contributed by atoms with Crippen molar-refractivity contribution in [2.75, 3.05) is 20.2 Å². The molecule has 0 amide bonds. The lowest BCUT2D eigenvalue weighted by Gasteiger charge is -2.40. The predicted octanol–water partition coefficient (Wildman–Crippen LogP) is 4.37. The van der Waals surface area contributed by atoms with E-state index < -0.39 is 0 Å². The molecule has 1 saturated heterocycles. The number of benzene rings is 1. The summed E-state index contributed by atoms with van der Waals surface area (Å²) in [5.41, 5.74) is 2.79. The van der Waals surface area contributed by atoms with Gasteiger partial charge in [0.1, 0.15) is 5.75 Å². The van der Waals surface area contributed by atoms with Gasteiger partial charge in [-0.3, -0.25) is 0 Å². The fourth-order valence-corrected chi connectivity index (χ4v) is 5.37. The van der Waals surface area contributed by atoms with Crippen LogP contribution in [0.15, 0.2) is 18.2 Å². The highest BCUT2D eigenvalue weighted by Gasteiger charge is 2.42. The summed E-state index contributed by atoms with van der Waals surface area (Å²) in [6.45, 7) is 4.76. The monoisotopic (exact) mass is 299 g/mol. The molecule has 0 radical (unpaired) electrons. The summed E-state index contributed by atoms with van der Waals surface area (Å²) in [6.07, 6.45) is 8.62. The van der Waals surface area contributed by atoms with Crippen molar-refractivity contribution >= 4 is 0 Å². The van der Waals surface area contributed by atoms with Gasteiger partial charge in [0.2, 0.25) is 0 Å². The lowest BCUT2D eigenvalue weighted by Crippen LogP contribution is -2.43. The molecular formula is C20H29NO. The molecule has 1 aromatic carbocycles. The molecule has 3 fully saturated rings. The standard InChI is InChI=1S/C20H29NO/c1-14-3-6-20(22-2)18(11-14)16-7-9-21(10-8-16)19-13-15-4-5-17(19)12-15/h3,6,11,15-17,19H,4-5,7-10,12-13H2,1-2H3/t15-,17-,19?/m0/s1. The van der Waals surface area contributed by atoms with Crippen molar-refractivity contribution in [1.29, 1.82) is 0 Å². The van der Waals surface area contributed by atoms with Crippen LogP contribution in [0.5, 0.6) is 5.75 Å². The number of ether oxygens (including phenoxy) is 1. The topological polar surface area (TPSA) is 12.5 Å². The van der Waals surface area contributed by atoms with Gasteiger partial charge in [-0.2, -0.15) is 0 Å². The third kappa shape index (κ3) is 2.56. The van der Waals surface area contributed by atoms with E-state index >= 15 is 0 Å². The number of methoxy groups -OCH3 is 1. The predicted molar refractivity (Wildman–Crippen MR) is 90.5 cm³/mol. The Kier molecular flexibility index (Phi) is 3.89. The van der Waals surface area contributed by atoms with Gasteiger partial charge in [0, 0.05) is 6.04 Å². The number of rotatable bonds is 3. The van der Waals surface area contributed by atoms with Crippen molar-refractivity contribution in [2.24, 2.45) is 11.8 Å². The van der Waals surface area contributed by atoms with Crippen LogP contribution in [-0.4, -0.2) is 31.1 Å². The number of aryl methyl sites for hydroxylation is 1. The molecule has 2 nitrogen and oxygen atoms in total. The van der Waals surface area contributed by atoms with Crippen LogP contribution in [0.25, 0.3) is 0 Å². The van der Waals surface area contributed by atoms with E-state index in [-0.39, 0.29) is 0 Å². The number of hydrogen-bond donors (Lipinski definition) is 0. The normalized spacial score (nSPS) is 32.5. The third-order valence-corrected chi connectivity index (χ3v) is 6.52. The molecule has 3 atom stereocenters. The van der Waals surface area contributed by atoms with Gasteiger partial charge >= 0.3 is 0 Å². The molecule has 120 valence electrons. The second kappa shape index (κ2) is 5.88. The molecule has 22 heavy (non-hydrogen) atoms. The molecule has 0 N–H and O–H groups in total. The van der Waals surface area contributed by atoms with Crippen LogP contribution in [0.1, 0.15) is 55.6 Å². The van der Waals surface area contributed by atoms with Gasteiger partial charge in [0.05, 0.1) is 7.11 Å². The molecule has 4 rings (SSSR count). The van der Waals surface area contributed by atoms with Crippen LogP contribution in [0.4, 0.5) is 0 Å². The Bertz CT molecular complexity index is 533. The van der Waals surface area contributed by atoms with Gasteiger partial charge in [-0.1, -0.05) is 24.1 Å². The zero-order valence-electron chi connectivity index (χ0n) is 14.1. The van der Waals surface area contributed by atoms with Crippen molar-refractivity contribution in [3.05, 3.63) is 29.3 Å². The van der Waals surface area contributed by atoms with E-state index in [1.54, 1.807) is 7.11 Å². The molecule has 2 heteroatoms. The number of piperidine rings is 1. The summed E-state index contributed by atoms with van der Waals surface area (Å²) in [5.74, 6) is 3.85. The van der Waals surface area contributed by atoms with Gasteiger partial charge in [-0.15, -0.1) is 0 Å². The Balaban J connectivity index is 1.43. The first-order valence-electron chi connectivity index (χ1n) is 9.13. The lowest BCUT2D eigenvalue weighted by atomic mass is 9.85. The minimum atomic E-state index is 0.685. The zero-order valence-corrected chi connectivity index (χ0v) is 14.1. The molecule has 1 heterocycles. The summed E-state index contributed by atoms with van der Waals surface area (Å²) >= 11 is 0. The van der Waals surface area contributed by atoms with E-state index in [2.05, 4.69) is 30.0 Å². The fourth-order valence-electron chi connectivity index (χ4n) is 5.37. The molecule has 0 spiro atoms. The first-order valence-corrected chi connectivity index (χ1v) is 9.13. The SMILES string of the molecule is COc1ccc(C)cc1C1CCN(C2C[C@H]3CC[C@H]2C3)CC1. The largest absolute Gasteiger partial charge is 0.496 e. The lowest BCUT2D eigenvalue weighted by molar-refractivity contribution is 0.110. The highest BCUT2D eigenvalue weighted by atomic mass is 16.5. The Morgan fingerprint density at radius 3 is 2.50 bits per heavy atom. The van der Waals surface area contributed by atoms with E-state index in [1.807, 2.05) is 0 Å². The Morgan fingerprint density at radius 1 is 1.05 bits per heavy atom. The van der Waals surface area contributed by atoms with Crippen molar-refractivity contribution in [2.45, 2.75) is 57.4 Å². The number of fused-ring (bicyclic) bond motifs is 2. The Hall–Kier alpha value is -1.02. The molecular weight excluding hydrogens is 270 g/mol. The number of likely N-dealkylation sites (tertiary alicyclic amines) is 1. The summed E-state index contributed by atoms with van der Waals surface area (Å²) in [4.78, 5) is 2.82. The minimum Gasteiger partial charge on any atom is -0.496 e. The van der Waals surface area contributed by atoms with Crippen molar-refractivity contribution < 1.29 is 4.74 Å². The summed E-state index contributed by atoms with van der Waals surface area (Å²) < 4.78 is 5.61. The molecule has 1 aliphatic heterocycles. The summed E-state index contributed by atoms with van der Waals surface area (Å²) in [6, 6.07) is 7.57. The third-order valence-electron chi connectivity index (χ3n) is 6.52. The molecule has 1 unspecified atom stereocenters. The van der Waals surface area contributed by atoms with Crippen LogP contribution in [-0.2, 0) is 0 Å². The fraction of sp³-hybridized carbons (Fsp3) is 0.700. The van der Waals surface area contributed by atoms with Gasteiger partial charge in [-0.05, 0) is 81.5 Å². The maximum atomic E-state index is 5.61. The van der Waals surface area contributed by atoms with Crippen LogP contribution in [0.2, 0.25) is 0 Å². The maximum Gasteiger partial charge on any atom is 0.122 e. The Labute approximate surface area is 134 Å². The molecule has 2 aliphatic carbocycles. The maximum absolute atomic E-state index is 5.61. The van der Waals surface area contributed by atoms with Crippen LogP contribution in [0, 0.1) is 18.8 Å². The van der Waals surface area contributed by atoms with Crippen molar-refractivity contribution in [3.63, 3.8) is 0 Å². The molecule has 3 aliphatic rings. The highest BCUT2D eigenvalue weighted by molar-refractivity contribution is 5.39. The first kappa shape index (κ1) is 14.6. The van der Waals surface area contributed by atoms with Gasteiger partial charge in [-0.25, -0.2) is 0 Å². The van der Waals surface area contributed by atoms with Crippen LogP contribution >= 0.6 is 0 Å². The highest BCUT2D eigenvalue weighted by Crippen LogP contribution is 2.47. The second-order valence-corrected chi connectivity index (χ2v) is 7.80. The first-order chi connectivity index (χ1) is 10.7. The number of nitrogens with zero attached hydrogens (tertiary/aromatic N) is 1. The van der Waals surface area contributed by atoms with Gasteiger partial charge < -0.3 is 9.64 Å². The summed E-state index contributed by atoms with van der Waals surface area (Å²) in [7, 11) is 1.80. The van der Waals surface area contributed by atoms with E-state index in [0.29, 0.717) is 5.92 Å². The quantitative estimate of drug-likeness (QED) is 0.821. The van der Waals surface area contributed by atoms with E-state index in [9.17, 15) is 0 Å². The van der Waals surface area contributed by atoms with Crippen LogP contribution in [0.3, 0.4) is 0 Å². The molecule has 1 aromatic rings. The average molecular weight is 299 g/mol. The van der Waals surface area contributed by atoms with Gasteiger partial charge in [0.25, 0.3) is 0 Å². The minimum absolute atomic E-state index is 0.685. The van der Waals surface area contributed by atoms with Gasteiger partial charge in [0.15, 0.2) is 0 Å². The summed E-state index contributed by atoms with van der Waals surface area (Å²) in [5, 5.41) is 0. The van der Waals surface area contributed by atoms with E-state index in [1.165, 1.54) is 62.7 Å². The molecule has 2 saturated carbocycles. The van der Waals surface area contributed by atoms with E-state index in [4.69, 9.17) is 4.74 Å². The van der Waals surface area contributed by atoms with E-state index in [0.717, 1.165) is 23.6 Å². The van der Waals surface area contributed by atoms with Crippen molar-refractivity contribution in [3.8, 4) is 5.75 Å².